The fourth-order valence-corrected chi connectivity index (χ4v) is 4.07. The molecule has 6 heteroatoms. The van der Waals surface area contributed by atoms with Crippen molar-refractivity contribution in [3.8, 4) is 5.75 Å². The maximum Gasteiger partial charge on any atom is 0.317 e. The van der Waals surface area contributed by atoms with Gasteiger partial charge in [-0.05, 0) is 47.6 Å². The van der Waals surface area contributed by atoms with Crippen LogP contribution in [0.25, 0.3) is 10.8 Å². The summed E-state index contributed by atoms with van der Waals surface area (Å²) < 4.78 is 19.8. The average Bonchev–Trinajstić information content (AvgIpc) is 2.86. The summed E-state index contributed by atoms with van der Waals surface area (Å²) in [6.45, 7) is 0.369. The fraction of sp³-hybridized carbons (Fsp3) is 0.172. The minimum Gasteiger partial charge on any atom is -0.486 e. The predicted molar refractivity (Wildman–Crippen MR) is 133 cm³/mol. The van der Waals surface area contributed by atoms with E-state index in [9.17, 15) is 14.0 Å². The second-order valence-electron chi connectivity index (χ2n) is 8.46. The van der Waals surface area contributed by atoms with Gasteiger partial charge in [-0.2, -0.15) is 0 Å². The third-order valence-corrected chi connectivity index (χ3v) is 5.83. The molecule has 35 heavy (non-hydrogen) atoms. The molecule has 0 aliphatic carbocycles. The first-order valence-corrected chi connectivity index (χ1v) is 11.4. The Morgan fingerprint density at radius 2 is 1.66 bits per heavy atom. The maximum absolute atomic E-state index is 13.5. The molecule has 0 aliphatic rings. The van der Waals surface area contributed by atoms with E-state index in [1.807, 2.05) is 42.5 Å². The van der Waals surface area contributed by atoms with Gasteiger partial charge in [-0.3, -0.25) is 14.5 Å². The highest BCUT2D eigenvalue weighted by atomic mass is 19.1. The molecular formula is C29H26FNO4. The predicted octanol–water partition coefficient (Wildman–Crippen LogP) is 5.74. The number of ketones is 1. The maximum atomic E-state index is 13.5. The topological polar surface area (TPSA) is 66.8 Å². The Balaban J connectivity index is 1.58. The lowest BCUT2D eigenvalue weighted by Gasteiger charge is -2.23. The molecule has 0 aromatic heterocycles. The third-order valence-electron chi connectivity index (χ3n) is 5.83. The number of nitrogens with zero attached hydrogens (tertiary/aromatic N) is 1. The molecule has 1 N–H and O–H groups in total. The lowest BCUT2D eigenvalue weighted by atomic mass is 9.97. The molecule has 0 aliphatic heterocycles. The van der Waals surface area contributed by atoms with Gasteiger partial charge in [-0.15, -0.1) is 0 Å². The van der Waals surface area contributed by atoms with Gasteiger partial charge in [0, 0.05) is 24.1 Å². The molecular weight excluding hydrogens is 445 g/mol. The molecule has 4 rings (SSSR count). The number of carboxylic acid groups (broad SMARTS) is 1. The number of ether oxygens (including phenoxy) is 1. The van der Waals surface area contributed by atoms with Crippen molar-refractivity contribution in [2.24, 2.45) is 0 Å². The van der Waals surface area contributed by atoms with Crippen LogP contribution in [0.1, 0.15) is 34.0 Å². The smallest absolute Gasteiger partial charge is 0.317 e. The van der Waals surface area contributed by atoms with Crippen LogP contribution in [0.3, 0.4) is 0 Å². The van der Waals surface area contributed by atoms with Crippen LogP contribution in [-0.2, 0) is 4.79 Å². The van der Waals surface area contributed by atoms with Gasteiger partial charge in [-0.25, -0.2) is 4.39 Å². The van der Waals surface area contributed by atoms with Gasteiger partial charge in [0.25, 0.3) is 0 Å². The van der Waals surface area contributed by atoms with Crippen LogP contribution in [0.4, 0.5) is 4.39 Å². The molecule has 1 atom stereocenters. The van der Waals surface area contributed by atoms with Crippen molar-refractivity contribution in [1.82, 2.24) is 4.90 Å². The Labute approximate surface area is 203 Å². The van der Waals surface area contributed by atoms with E-state index in [4.69, 9.17) is 9.84 Å². The number of fused-ring (bicyclic) bond motifs is 1. The van der Waals surface area contributed by atoms with Gasteiger partial charge in [0.1, 0.15) is 17.7 Å². The lowest BCUT2D eigenvalue weighted by Crippen LogP contribution is -2.28. The summed E-state index contributed by atoms with van der Waals surface area (Å²) in [5.41, 5.74) is 1.88. The number of aliphatic carboxylic acids is 1. The summed E-state index contributed by atoms with van der Waals surface area (Å²) in [4.78, 5) is 26.1. The number of benzene rings is 4. The number of hydrogen-bond donors (Lipinski definition) is 1. The summed E-state index contributed by atoms with van der Waals surface area (Å²) in [5.74, 6) is -0.859. The number of halogens is 1. The van der Waals surface area contributed by atoms with E-state index < -0.39 is 12.1 Å². The zero-order valence-electron chi connectivity index (χ0n) is 19.4. The van der Waals surface area contributed by atoms with E-state index >= 15 is 0 Å². The summed E-state index contributed by atoms with van der Waals surface area (Å²) in [6.07, 6.45) is 0.0337. The highest BCUT2D eigenvalue weighted by molar-refractivity contribution is 6.16. The zero-order chi connectivity index (χ0) is 24.8. The van der Waals surface area contributed by atoms with Crippen molar-refractivity contribution >= 4 is 22.5 Å². The summed E-state index contributed by atoms with van der Waals surface area (Å²) >= 11 is 0. The number of rotatable bonds is 10. The number of hydrogen-bond acceptors (Lipinski definition) is 4. The van der Waals surface area contributed by atoms with E-state index in [-0.39, 0.29) is 18.1 Å². The standard InChI is InChI=1S/C29H26FNO4/c1-31(19-28(32)33)17-16-27(21-12-14-23(30)15-13-21)35-24-9-4-8-22(18-24)29(34)26-11-5-7-20-6-2-3-10-25(20)26/h2-15,18,27H,16-17,19H2,1H3,(H,32,33). The third kappa shape index (κ3) is 6.11. The van der Waals surface area contributed by atoms with Crippen LogP contribution in [-0.4, -0.2) is 41.9 Å². The Hall–Kier alpha value is -4.03. The first-order valence-electron chi connectivity index (χ1n) is 11.4. The number of carbonyl (C=O) groups is 2. The quantitative estimate of drug-likeness (QED) is 0.299. The van der Waals surface area contributed by atoms with E-state index in [0.29, 0.717) is 29.8 Å². The van der Waals surface area contributed by atoms with Gasteiger partial charge < -0.3 is 9.84 Å². The van der Waals surface area contributed by atoms with Crippen molar-refractivity contribution in [3.05, 3.63) is 114 Å². The molecule has 0 amide bonds. The van der Waals surface area contributed by atoms with Crippen LogP contribution in [0.2, 0.25) is 0 Å². The Morgan fingerprint density at radius 3 is 2.43 bits per heavy atom. The van der Waals surface area contributed by atoms with E-state index in [1.54, 1.807) is 48.3 Å². The molecule has 0 heterocycles. The molecule has 4 aromatic carbocycles. The minimum atomic E-state index is -0.911. The molecule has 0 spiro atoms. The Kier molecular flexibility index (Phi) is 7.53. The number of carboxylic acids is 1. The Morgan fingerprint density at radius 1 is 0.943 bits per heavy atom. The van der Waals surface area contributed by atoms with Crippen LogP contribution in [0.15, 0.2) is 91.0 Å². The van der Waals surface area contributed by atoms with Crippen LogP contribution < -0.4 is 4.74 Å². The van der Waals surface area contributed by atoms with Gasteiger partial charge in [0.15, 0.2) is 5.78 Å². The molecule has 5 nitrogen and oxygen atoms in total. The molecule has 0 bridgehead atoms. The molecule has 178 valence electrons. The zero-order valence-corrected chi connectivity index (χ0v) is 19.4. The lowest BCUT2D eigenvalue weighted by molar-refractivity contribution is -0.138. The summed E-state index contributed by atoms with van der Waals surface area (Å²) in [7, 11) is 1.72. The molecule has 4 aromatic rings. The van der Waals surface area contributed by atoms with Crippen molar-refractivity contribution in [2.45, 2.75) is 12.5 Å². The second-order valence-corrected chi connectivity index (χ2v) is 8.46. The average molecular weight is 472 g/mol. The SMILES string of the molecule is CN(CCC(Oc1cccc(C(=O)c2cccc3ccccc23)c1)c1ccc(F)cc1)CC(=O)O. The van der Waals surface area contributed by atoms with Crippen molar-refractivity contribution in [2.75, 3.05) is 20.1 Å². The van der Waals surface area contributed by atoms with E-state index in [2.05, 4.69) is 0 Å². The molecule has 1 unspecified atom stereocenters. The molecule has 0 saturated heterocycles. The largest absolute Gasteiger partial charge is 0.486 e. The van der Waals surface area contributed by atoms with Crippen LogP contribution in [0.5, 0.6) is 5.75 Å². The molecule has 0 fully saturated rings. The van der Waals surface area contributed by atoms with Gasteiger partial charge in [0.2, 0.25) is 0 Å². The second kappa shape index (κ2) is 10.9. The monoisotopic (exact) mass is 471 g/mol. The fourth-order valence-electron chi connectivity index (χ4n) is 4.07. The first kappa shape index (κ1) is 24.1. The van der Waals surface area contributed by atoms with Crippen molar-refractivity contribution in [1.29, 1.82) is 0 Å². The van der Waals surface area contributed by atoms with Gasteiger partial charge in [-0.1, -0.05) is 66.7 Å². The highest BCUT2D eigenvalue weighted by Gasteiger charge is 2.18. The number of carbonyl (C=O) groups excluding carboxylic acids is 1. The van der Waals surface area contributed by atoms with E-state index in [1.165, 1.54) is 12.1 Å². The number of likely N-dealkylation sites (N-methyl/N-ethyl adjacent to an activating group) is 1. The van der Waals surface area contributed by atoms with Gasteiger partial charge >= 0.3 is 5.97 Å². The first-order chi connectivity index (χ1) is 16.9. The van der Waals surface area contributed by atoms with Crippen molar-refractivity contribution in [3.63, 3.8) is 0 Å². The normalized spacial score (nSPS) is 12.0. The van der Waals surface area contributed by atoms with Crippen molar-refractivity contribution < 1.29 is 23.8 Å². The van der Waals surface area contributed by atoms with Gasteiger partial charge in [0.05, 0.1) is 6.54 Å². The summed E-state index contributed by atoms with van der Waals surface area (Å²) in [5, 5.41) is 10.9. The molecule has 0 radical (unpaired) electrons. The minimum absolute atomic E-state index is 0.0921. The van der Waals surface area contributed by atoms with E-state index in [0.717, 1.165) is 16.3 Å². The summed E-state index contributed by atoms with van der Waals surface area (Å²) in [6, 6.07) is 26.5. The van der Waals surface area contributed by atoms with Crippen LogP contribution >= 0.6 is 0 Å². The highest BCUT2D eigenvalue weighted by Crippen LogP contribution is 2.28. The Bertz CT molecular complexity index is 1330. The van der Waals surface area contributed by atoms with Crippen LogP contribution in [0, 0.1) is 5.82 Å². The molecule has 0 saturated carbocycles.